The van der Waals surface area contributed by atoms with Crippen molar-refractivity contribution < 1.29 is 0 Å². The van der Waals surface area contributed by atoms with Gasteiger partial charge in [-0.15, -0.1) is 11.3 Å². The van der Waals surface area contributed by atoms with Crippen molar-refractivity contribution >= 4 is 27.4 Å². The Kier molecular flexibility index (Phi) is 3.57. The molecule has 2 heterocycles. The van der Waals surface area contributed by atoms with Crippen molar-refractivity contribution in [2.45, 2.75) is 58.3 Å². The van der Waals surface area contributed by atoms with Gasteiger partial charge >= 0.3 is 0 Å². The number of anilines is 1. The van der Waals surface area contributed by atoms with Crippen LogP contribution in [-0.4, -0.2) is 16.5 Å². The standard InChI is InChI=1S/C17H23N3S/c1-2-9-18-16-15-12-5-3-4-6-13(12)21-17(15)20-14(19-16)10-11-7-8-11/h11H,2-10H2,1H3,(H,18,19,20). The van der Waals surface area contributed by atoms with Crippen molar-refractivity contribution in [1.29, 1.82) is 0 Å². The molecule has 2 aliphatic carbocycles. The van der Waals surface area contributed by atoms with Crippen LogP contribution in [0, 0.1) is 5.92 Å². The number of aryl methyl sites for hydroxylation is 2. The number of fused-ring (bicyclic) bond motifs is 3. The van der Waals surface area contributed by atoms with Gasteiger partial charge in [0.25, 0.3) is 0 Å². The highest BCUT2D eigenvalue weighted by Crippen LogP contribution is 2.39. The Morgan fingerprint density at radius 3 is 2.86 bits per heavy atom. The number of rotatable bonds is 5. The average Bonchev–Trinajstić information content (AvgIpc) is 3.22. The summed E-state index contributed by atoms with van der Waals surface area (Å²) in [6.07, 6.45) is 10.0. The first kappa shape index (κ1) is 13.5. The topological polar surface area (TPSA) is 37.8 Å². The number of nitrogens with one attached hydrogen (secondary N) is 1. The Balaban J connectivity index is 1.80. The van der Waals surface area contributed by atoms with Crippen molar-refractivity contribution in [3.05, 3.63) is 16.3 Å². The molecular formula is C17H23N3S. The van der Waals surface area contributed by atoms with Crippen LogP contribution in [0.1, 0.15) is 55.3 Å². The zero-order valence-electron chi connectivity index (χ0n) is 12.7. The van der Waals surface area contributed by atoms with Gasteiger partial charge < -0.3 is 5.32 Å². The van der Waals surface area contributed by atoms with Gasteiger partial charge in [0.15, 0.2) is 0 Å². The molecule has 0 atom stereocenters. The van der Waals surface area contributed by atoms with Gasteiger partial charge in [-0.2, -0.15) is 0 Å². The number of aromatic nitrogens is 2. The summed E-state index contributed by atoms with van der Waals surface area (Å²) in [4.78, 5) is 12.6. The van der Waals surface area contributed by atoms with Crippen molar-refractivity contribution in [3.8, 4) is 0 Å². The molecule has 2 aromatic heterocycles. The summed E-state index contributed by atoms with van der Waals surface area (Å²) in [7, 11) is 0. The molecule has 1 fully saturated rings. The summed E-state index contributed by atoms with van der Waals surface area (Å²) in [5.74, 6) is 3.01. The van der Waals surface area contributed by atoms with E-state index < -0.39 is 0 Å². The van der Waals surface area contributed by atoms with E-state index in [2.05, 4.69) is 12.2 Å². The van der Waals surface area contributed by atoms with Crippen molar-refractivity contribution in [3.63, 3.8) is 0 Å². The maximum Gasteiger partial charge on any atom is 0.138 e. The van der Waals surface area contributed by atoms with Crippen LogP contribution in [-0.2, 0) is 19.3 Å². The monoisotopic (exact) mass is 301 g/mol. The zero-order chi connectivity index (χ0) is 14.2. The molecule has 1 saturated carbocycles. The summed E-state index contributed by atoms with van der Waals surface area (Å²) in [6.45, 7) is 3.21. The van der Waals surface area contributed by atoms with Crippen molar-refractivity contribution in [2.24, 2.45) is 5.92 Å². The van der Waals surface area contributed by atoms with Crippen LogP contribution in [0.25, 0.3) is 10.2 Å². The van der Waals surface area contributed by atoms with E-state index in [0.717, 1.165) is 36.9 Å². The second-order valence-electron chi connectivity index (χ2n) is 6.45. The first-order valence-corrected chi connectivity index (χ1v) is 9.22. The lowest BCUT2D eigenvalue weighted by Gasteiger charge is -2.13. The smallest absolute Gasteiger partial charge is 0.138 e. The summed E-state index contributed by atoms with van der Waals surface area (Å²) < 4.78 is 0. The van der Waals surface area contributed by atoms with E-state index in [1.54, 1.807) is 4.88 Å². The van der Waals surface area contributed by atoms with Gasteiger partial charge in [0, 0.05) is 17.8 Å². The summed E-state index contributed by atoms with van der Waals surface area (Å²) in [5.41, 5.74) is 1.54. The lowest BCUT2D eigenvalue weighted by Crippen LogP contribution is -2.07. The highest BCUT2D eigenvalue weighted by Gasteiger charge is 2.25. The largest absolute Gasteiger partial charge is 0.369 e. The SMILES string of the molecule is CCCNc1nc(CC2CC2)nc2sc3c(c12)CCCC3. The van der Waals surface area contributed by atoms with Gasteiger partial charge in [-0.05, 0) is 56.4 Å². The van der Waals surface area contributed by atoms with E-state index in [1.165, 1.54) is 54.3 Å². The molecule has 2 aliphatic rings. The molecule has 0 saturated heterocycles. The van der Waals surface area contributed by atoms with Gasteiger partial charge in [0.1, 0.15) is 16.5 Å². The Morgan fingerprint density at radius 2 is 2.05 bits per heavy atom. The van der Waals surface area contributed by atoms with E-state index >= 15 is 0 Å². The molecule has 112 valence electrons. The molecule has 4 heteroatoms. The molecular weight excluding hydrogens is 278 g/mol. The van der Waals surface area contributed by atoms with Crippen molar-refractivity contribution in [1.82, 2.24) is 9.97 Å². The number of thiophene rings is 1. The fourth-order valence-corrected chi connectivity index (χ4v) is 4.52. The van der Waals surface area contributed by atoms with E-state index in [9.17, 15) is 0 Å². The minimum Gasteiger partial charge on any atom is -0.369 e. The molecule has 0 radical (unpaired) electrons. The molecule has 4 rings (SSSR count). The highest BCUT2D eigenvalue weighted by atomic mass is 32.1. The van der Waals surface area contributed by atoms with E-state index in [4.69, 9.17) is 9.97 Å². The van der Waals surface area contributed by atoms with Gasteiger partial charge in [-0.3, -0.25) is 0 Å². The Hall–Kier alpha value is -1.16. The maximum absolute atomic E-state index is 4.90. The third-order valence-corrected chi connectivity index (χ3v) is 5.76. The van der Waals surface area contributed by atoms with Gasteiger partial charge in [0.05, 0.1) is 5.39 Å². The van der Waals surface area contributed by atoms with E-state index in [-0.39, 0.29) is 0 Å². The third kappa shape index (κ3) is 2.66. The van der Waals surface area contributed by atoms with Crippen LogP contribution < -0.4 is 5.32 Å². The second kappa shape index (κ2) is 5.56. The fourth-order valence-electron chi connectivity index (χ4n) is 3.24. The molecule has 1 N–H and O–H groups in total. The minimum absolute atomic E-state index is 0.844. The van der Waals surface area contributed by atoms with E-state index in [1.807, 2.05) is 11.3 Å². The Morgan fingerprint density at radius 1 is 1.19 bits per heavy atom. The molecule has 0 amide bonds. The molecule has 0 aromatic carbocycles. The van der Waals surface area contributed by atoms with Crippen LogP contribution in [0.2, 0.25) is 0 Å². The predicted octanol–water partition coefficient (Wildman–Crippen LogP) is 4.34. The maximum atomic E-state index is 4.90. The van der Waals surface area contributed by atoms with Gasteiger partial charge in [-0.25, -0.2) is 9.97 Å². The number of hydrogen-bond acceptors (Lipinski definition) is 4. The summed E-state index contributed by atoms with van der Waals surface area (Å²) >= 11 is 1.92. The van der Waals surface area contributed by atoms with Crippen LogP contribution in [0.5, 0.6) is 0 Å². The van der Waals surface area contributed by atoms with Crippen LogP contribution in [0.15, 0.2) is 0 Å². The van der Waals surface area contributed by atoms with Gasteiger partial charge in [0.2, 0.25) is 0 Å². The number of hydrogen-bond donors (Lipinski definition) is 1. The molecule has 21 heavy (non-hydrogen) atoms. The second-order valence-corrected chi connectivity index (χ2v) is 7.54. The molecule has 0 unspecified atom stereocenters. The van der Waals surface area contributed by atoms with Gasteiger partial charge in [-0.1, -0.05) is 6.92 Å². The zero-order valence-corrected chi connectivity index (χ0v) is 13.6. The molecule has 2 aromatic rings. The highest BCUT2D eigenvalue weighted by molar-refractivity contribution is 7.19. The normalized spacial score (nSPS) is 18.0. The molecule has 0 spiro atoms. The lowest BCUT2D eigenvalue weighted by molar-refractivity contribution is 0.700. The van der Waals surface area contributed by atoms with Crippen molar-refractivity contribution in [2.75, 3.05) is 11.9 Å². The number of nitrogens with zero attached hydrogens (tertiary/aromatic N) is 2. The Labute approximate surface area is 130 Å². The van der Waals surface area contributed by atoms with E-state index in [0.29, 0.717) is 0 Å². The Bertz CT molecular complexity index is 658. The fraction of sp³-hybridized carbons (Fsp3) is 0.647. The van der Waals surface area contributed by atoms with Crippen LogP contribution in [0.4, 0.5) is 5.82 Å². The molecule has 0 aliphatic heterocycles. The average molecular weight is 301 g/mol. The summed E-state index contributed by atoms with van der Waals surface area (Å²) in [6, 6.07) is 0. The minimum atomic E-state index is 0.844. The van der Waals surface area contributed by atoms with Crippen LogP contribution in [0.3, 0.4) is 0 Å². The molecule has 3 nitrogen and oxygen atoms in total. The quantitative estimate of drug-likeness (QED) is 0.892. The summed E-state index contributed by atoms with van der Waals surface area (Å²) in [5, 5.41) is 4.90. The first-order chi connectivity index (χ1) is 10.3. The molecule has 0 bridgehead atoms. The third-order valence-electron chi connectivity index (χ3n) is 4.57. The predicted molar refractivity (Wildman–Crippen MR) is 89.3 cm³/mol. The first-order valence-electron chi connectivity index (χ1n) is 8.40. The lowest BCUT2D eigenvalue weighted by atomic mass is 9.97. The van der Waals surface area contributed by atoms with Crippen LogP contribution >= 0.6 is 11.3 Å².